The van der Waals surface area contributed by atoms with Crippen molar-refractivity contribution in [2.24, 2.45) is 16.7 Å². The normalized spacial score (nSPS) is 22.9. The third kappa shape index (κ3) is 9.41. The quantitative estimate of drug-likeness (QED) is 0.154. The molecule has 1 aliphatic carbocycles. The Bertz CT molecular complexity index is 2470. The molecule has 3 aromatic carbocycles. The van der Waals surface area contributed by atoms with Crippen LogP contribution in [0.25, 0.3) is 0 Å². The molecule has 0 bridgehead atoms. The predicted molar refractivity (Wildman–Crippen MR) is 249 cm³/mol. The summed E-state index contributed by atoms with van der Waals surface area (Å²) >= 11 is 6.26. The van der Waals surface area contributed by atoms with Crippen molar-refractivity contribution in [3.63, 3.8) is 0 Å². The summed E-state index contributed by atoms with van der Waals surface area (Å²) in [6, 6.07) is 18.8. The van der Waals surface area contributed by atoms with Crippen molar-refractivity contribution >= 4 is 58.7 Å². The Kier molecular flexibility index (Phi) is 13.3. The van der Waals surface area contributed by atoms with Gasteiger partial charge in [-0.15, -0.1) is 0 Å². The van der Waals surface area contributed by atoms with Gasteiger partial charge in [0, 0.05) is 92.1 Å². The van der Waals surface area contributed by atoms with Crippen LogP contribution in [0.5, 0.6) is 5.75 Å². The van der Waals surface area contributed by atoms with E-state index >= 15 is 0 Å². The number of hydrogen-bond acceptors (Lipinski definition) is 13. The summed E-state index contributed by atoms with van der Waals surface area (Å²) in [5.41, 5.74) is 2.61. The Hall–Kier alpha value is -6.18. The van der Waals surface area contributed by atoms with Crippen LogP contribution in [-0.2, 0) is 19.1 Å². The number of piperazine rings is 1. The van der Waals surface area contributed by atoms with Crippen LogP contribution >= 0.6 is 11.6 Å². The lowest BCUT2D eigenvalue weighted by Crippen LogP contribution is -2.74. The van der Waals surface area contributed by atoms with Gasteiger partial charge in [0.25, 0.3) is 23.6 Å². The van der Waals surface area contributed by atoms with E-state index in [1.165, 1.54) is 0 Å². The van der Waals surface area contributed by atoms with Gasteiger partial charge < -0.3 is 29.3 Å². The zero-order chi connectivity index (χ0) is 47.9. The lowest BCUT2D eigenvalue weighted by Gasteiger charge is -2.63. The minimum atomic E-state index is -1.20. The number of nitrogens with one attached hydrogen (secondary N) is 1. The predicted octanol–water partition coefficient (Wildman–Crippen LogP) is 6.49. The maximum absolute atomic E-state index is 13.7. The maximum atomic E-state index is 13.7. The second kappa shape index (κ2) is 18.8. The Morgan fingerprint density at radius 1 is 0.821 bits per heavy atom. The minimum absolute atomic E-state index is 0.0184. The number of carbonyl (C=O) groups is 6. The molecule has 0 aromatic heterocycles. The average Bonchev–Trinajstić information content (AvgIpc) is 3.55. The van der Waals surface area contributed by atoms with Crippen molar-refractivity contribution in [1.29, 1.82) is 5.26 Å². The number of anilines is 2. The molecule has 17 heteroatoms. The number of benzene rings is 3. The van der Waals surface area contributed by atoms with Crippen LogP contribution in [-0.4, -0.2) is 127 Å². The molecule has 0 spiro atoms. The molecular weight excluding hydrogens is 878 g/mol. The van der Waals surface area contributed by atoms with Crippen LogP contribution in [0, 0.1) is 28.1 Å². The van der Waals surface area contributed by atoms with E-state index in [4.69, 9.17) is 25.8 Å². The number of nitrogens with zero attached hydrogens (tertiary/aromatic N) is 6. The van der Waals surface area contributed by atoms with E-state index in [2.05, 4.69) is 53.8 Å². The monoisotopic (exact) mass is 935 g/mol. The van der Waals surface area contributed by atoms with E-state index in [1.54, 1.807) is 44.2 Å². The molecule has 3 saturated heterocycles. The summed E-state index contributed by atoms with van der Waals surface area (Å²) in [6.07, 6.45) is 0.298. The number of hydrogen-bond donors (Lipinski definition) is 1. The van der Waals surface area contributed by atoms with Gasteiger partial charge >= 0.3 is 6.16 Å². The molecule has 354 valence electrons. The number of imide groups is 2. The van der Waals surface area contributed by atoms with Gasteiger partial charge in [0.05, 0.1) is 27.8 Å². The molecule has 1 saturated carbocycles. The molecule has 1 atom stereocenters. The topological polar surface area (TPSA) is 182 Å². The van der Waals surface area contributed by atoms with Crippen LogP contribution < -0.4 is 19.9 Å². The highest BCUT2D eigenvalue weighted by Gasteiger charge is 2.64. The van der Waals surface area contributed by atoms with Crippen LogP contribution in [0.1, 0.15) is 104 Å². The molecular formula is C50H58ClN7O9. The van der Waals surface area contributed by atoms with Crippen molar-refractivity contribution in [1.82, 2.24) is 20.0 Å². The molecule has 3 aromatic rings. The zero-order valence-corrected chi connectivity index (χ0v) is 39.6. The fraction of sp³-hybridized carbons (Fsp3) is 0.500. The summed E-state index contributed by atoms with van der Waals surface area (Å²) in [4.78, 5) is 87.5. The van der Waals surface area contributed by atoms with Crippen molar-refractivity contribution in [2.75, 3.05) is 62.3 Å². The smallest absolute Gasteiger partial charge is 0.489 e. The van der Waals surface area contributed by atoms with Gasteiger partial charge in [-0.1, -0.05) is 39.3 Å². The lowest BCUT2D eigenvalue weighted by atomic mass is 9.49. The highest BCUT2D eigenvalue weighted by atomic mass is 35.5. The number of carbonyl (C=O) groups excluding carboxylic acids is 6. The molecule has 4 fully saturated rings. The lowest BCUT2D eigenvalue weighted by molar-refractivity contribution is -0.164. The van der Waals surface area contributed by atoms with E-state index in [-0.39, 0.29) is 52.9 Å². The second-order valence-corrected chi connectivity index (χ2v) is 20.1. The highest BCUT2D eigenvalue weighted by Crippen LogP contribution is 2.55. The van der Waals surface area contributed by atoms with Gasteiger partial charge in [-0.25, -0.2) is 9.69 Å². The van der Waals surface area contributed by atoms with Crippen LogP contribution in [0.2, 0.25) is 5.02 Å². The molecule has 5 aliphatic rings. The Morgan fingerprint density at radius 2 is 1.46 bits per heavy atom. The van der Waals surface area contributed by atoms with E-state index < -0.39 is 48.7 Å². The number of nitriles is 1. The molecule has 8 rings (SSSR count). The molecule has 16 nitrogen and oxygen atoms in total. The highest BCUT2D eigenvalue weighted by molar-refractivity contribution is 6.31. The van der Waals surface area contributed by atoms with Crippen molar-refractivity contribution in [2.45, 2.75) is 91.5 Å². The van der Waals surface area contributed by atoms with E-state index in [0.717, 1.165) is 79.8 Å². The largest absolute Gasteiger partial charge is 0.510 e. The number of piperidine rings is 2. The Balaban J connectivity index is 0.785. The van der Waals surface area contributed by atoms with E-state index in [0.29, 0.717) is 27.8 Å². The van der Waals surface area contributed by atoms with E-state index in [9.17, 15) is 34.0 Å². The summed E-state index contributed by atoms with van der Waals surface area (Å²) in [5, 5.41) is 12.9. The first kappa shape index (κ1) is 47.3. The van der Waals surface area contributed by atoms with Crippen LogP contribution in [0.4, 0.5) is 16.2 Å². The molecule has 4 aliphatic heterocycles. The number of rotatable bonds is 12. The Labute approximate surface area is 396 Å². The fourth-order valence-electron chi connectivity index (χ4n) is 10.8. The fourth-order valence-corrected chi connectivity index (χ4v) is 11.0. The zero-order valence-electron chi connectivity index (χ0n) is 38.9. The standard InChI is InChI=1S/C50H58ClN7O9/c1-30(2)66-48(64)65-29-57-41(59)16-15-40(45(57)63)58-43(61)37-14-12-35(25-38(37)44(58)62)56-23-21-54(22-24-56)28-31-17-19-55(20-18-31)34-10-7-32(8-11-34)42(60)53-46-49(3,4)47(50(46,5)6)67-36-13-9-33(27-52)39(51)26-36/h7-14,25-26,30-31,40,46-47H,15-24,28-29H2,1-6H3,(H,53,60)/t40?,46-,47-. The van der Waals surface area contributed by atoms with Gasteiger partial charge in [0.15, 0.2) is 6.73 Å². The maximum Gasteiger partial charge on any atom is 0.510 e. The molecule has 0 radical (unpaired) electrons. The van der Waals surface area contributed by atoms with Gasteiger partial charge in [-0.05, 0) is 93.6 Å². The number of likely N-dealkylation sites (tertiary alicyclic amines) is 1. The SMILES string of the molecule is CC(C)OC(=O)OCN1C(=O)CCC(N2C(=O)c3ccc(N4CCN(CC5CCN(c6ccc(C(=O)N[C@H]7C(C)(C)[C@H](Oc8ccc(C#N)c(Cl)c8)C7(C)C)cc6)CC5)CC4)cc3C2=O)C1=O. The number of fused-ring (bicyclic) bond motifs is 1. The first-order chi connectivity index (χ1) is 31.9. The second-order valence-electron chi connectivity index (χ2n) is 19.7. The third-order valence-electron chi connectivity index (χ3n) is 14.1. The third-order valence-corrected chi connectivity index (χ3v) is 14.4. The van der Waals surface area contributed by atoms with Crippen LogP contribution in [0.3, 0.4) is 0 Å². The summed E-state index contributed by atoms with van der Waals surface area (Å²) < 4.78 is 16.3. The number of halogens is 1. The molecule has 1 N–H and O–H groups in total. The summed E-state index contributed by atoms with van der Waals surface area (Å²) in [5.74, 6) is -1.52. The number of ether oxygens (including phenoxy) is 3. The molecule has 67 heavy (non-hydrogen) atoms. The van der Waals surface area contributed by atoms with Crippen molar-refractivity contribution < 1.29 is 43.0 Å². The Morgan fingerprint density at radius 3 is 2.10 bits per heavy atom. The summed E-state index contributed by atoms with van der Waals surface area (Å²) in [7, 11) is 0. The van der Waals surface area contributed by atoms with Gasteiger partial charge in [0.1, 0.15) is 24.0 Å². The summed E-state index contributed by atoms with van der Waals surface area (Å²) in [6.45, 7) is 17.0. The number of amides is 5. The molecule has 4 heterocycles. The van der Waals surface area contributed by atoms with Gasteiger partial charge in [-0.3, -0.25) is 33.8 Å². The van der Waals surface area contributed by atoms with Crippen LogP contribution in [0.15, 0.2) is 60.7 Å². The van der Waals surface area contributed by atoms with Crippen molar-refractivity contribution in [3.8, 4) is 11.8 Å². The van der Waals surface area contributed by atoms with Crippen molar-refractivity contribution in [3.05, 3.63) is 87.9 Å². The molecule has 5 amide bonds. The molecule has 1 unspecified atom stereocenters. The van der Waals surface area contributed by atoms with Gasteiger partial charge in [-0.2, -0.15) is 5.26 Å². The first-order valence-electron chi connectivity index (χ1n) is 23.1. The minimum Gasteiger partial charge on any atom is -0.489 e. The van der Waals surface area contributed by atoms with Gasteiger partial charge in [0.2, 0.25) is 5.91 Å². The van der Waals surface area contributed by atoms with E-state index in [1.807, 2.05) is 30.3 Å². The first-order valence-corrected chi connectivity index (χ1v) is 23.4. The average molecular weight is 937 g/mol.